The average molecular weight is 230 g/mol. The number of amides is 1. The molecule has 0 aliphatic rings. The lowest BCUT2D eigenvalue weighted by Crippen LogP contribution is -2.34. The second kappa shape index (κ2) is 7.63. The molecule has 16 heavy (non-hydrogen) atoms. The first-order valence-electron chi connectivity index (χ1n) is 6.11. The molecule has 96 valence electrons. The van der Waals surface area contributed by atoms with Crippen LogP contribution in [0.2, 0.25) is 0 Å². The molecule has 4 heteroatoms. The number of aliphatic hydroxyl groups is 1. The summed E-state index contributed by atoms with van der Waals surface area (Å²) in [6.07, 6.45) is 1.24. The number of rotatable bonds is 8. The largest absolute Gasteiger partial charge is 0.390 e. The van der Waals surface area contributed by atoms with Crippen LogP contribution in [-0.2, 0) is 4.79 Å². The molecule has 0 aromatic carbocycles. The van der Waals surface area contributed by atoms with Gasteiger partial charge in [0.05, 0.1) is 5.60 Å². The minimum atomic E-state index is -0.629. The molecule has 0 atom stereocenters. The van der Waals surface area contributed by atoms with E-state index in [-0.39, 0.29) is 5.91 Å². The van der Waals surface area contributed by atoms with Crippen molar-refractivity contribution in [3.8, 4) is 0 Å². The molecule has 0 aromatic heterocycles. The summed E-state index contributed by atoms with van der Waals surface area (Å²) in [5.74, 6) is 0.195. The van der Waals surface area contributed by atoms with Crippen LogP contribution in [0.4, 0.5) is 0 Å². The summed E-state index contributed by atoms with van der Waals surface area (Å²) in [5, 5.41) is 12.6. The van der Waals surface area contributed by atoms with Crippen LogP contribution < -0.4 is 5.32 Å². The van der Waals surface area contributed by atoms with Crippen LogP contribution in [0.3, 0.4) is 0 Å². The van der Waals surface area contributed by atoms with Crippen molar-refractivity contribution in [3.63, 3.8) is 0 Å². The van der Waals surface area contributed by atoms with E-state index in [1.807, 2.05) is 18.7 Å². The van der Waals surface area contributed by atoms with E-state index in [9.17, 15) is 9.90 Å². The van der Waals surface area contributed by atoms with Gasteiger partial charge in [0, 0.05) is 26.1 Å². The normalized spacial score (nSPS) is 11.6. The van der Waals surface area contributed by atoms with E-state index in [1.54, 1.807) is 13.8 Å². The Bertz CT molecular complexity index is 196. The number of nitrogens with zero attached hydrogens (tertiary/aromatic N) is 1. The number of hydrogen-bond acceptors (Lipinski definition) is 3. The Balaban J connectivity index is 3.55. The monoisotopic (exact) mass is 230 g/mol. The van der Waals surface area contributed by atoms with E-state index < -0.39 is 5.60 Å². The van der Waals surface area contributed by atoms with Gasteiger partial charge in [0.15, 0.2) is 0 Å². The first kappa shape index (κ1) is 15.4. The number of carbonyl (C=O) groups is 1. The number of hydrogen-bond donors (Lipinski definition) is 2. The van der Waals surface area contributed by atoms with Gasteiger partial charge in [-0.05, 0) is 40.7 Å². The van der Waals surface area contributed by atoms with Crippen LogP contribution in [0.5, 0.6) is 0 Å². The van der Waals surface area contributed by atoms with E-state index in [1.165, 1.54) is 0 Å². The van der Waals surface area contributed by atoms with E-state index in [0.29, 0.717) is 19.4 Å². The Morgan fingerprint density at radius 3 is 2.25 bits per heavy atom. The summed E-state index contributed by atoms with van der Waals surface area (Å²) in [7, 11) is 0. The lowest BCUT2D eigenvalue weighted by molar-refractivity contribution is -0.130. The van der Waals surface area contributed by atoms with Gasteiger partial charge >= 0.3 is 0 Å². The molecular formula is C12H26N2O2. The number of nitrogens with one attached hydrogen (secondary N) is 1. The van der Waals surface area contributed by atoms with Crippen LogP contribution in [0.25, 0.3) is 0 Å². The van der Waals surface area contributed by atoms with Crippen molar-refractivity contribution in [1.29, 1.82) is 0 Å². The summed E-state index contributed by atoms with van der Waals surface area (Å²) in [6, 6.07) is 0. The molecular weight excluding hydrogens is 204 g/mol. The molecule has 0 radical (unpaired) electrons. The lowest BCUT2D eigenvalue weighted by atomic mass is 10.1. The third-order valence-electron chi connectivity index (χ3n) is 2.55. The summed E-state index contributed by atoms with van der Waals surface area (Å²) in [6.45, 7) is 10.5. The topological polar surface area (TPSA) is 52.6 Å². The standard InChI is InChI=1S/C12H26N2O2/c1-5-14(6-2)11(15)7-9-13-10-8-12(3,4)16/h13,16H,5-10H2,1-4H3. The SMILES string of the molecule is CCN(CC)C(=O)CCNCCC(C)(C)O. The van der Waals surface area contributed by atoms with Crippen molar-refractivity contribution in [2.24, 2.45) is 0 Å². The highest BCUT2D eigenvalue weighted by Gasteiger charge is 2.12. The second-order valence-electron chi connectivity index (χ2n) is 4.63. The smallest absolute Gasteiger partial charge is 0.223 e. The maximum absolute atomic E-state index is 11.6. The van der Waals surface area contributed by atoms with Crippen molar-refractivity contribution in [2.45, 2.75) is 46.1 Å². The van der Waals surface area contributed by atoms with E-state index in [0.717, 1.165) is 19.6 Å². The van der Waals surface area contributed by atoms with Gasteiger partial charge in [0.25, 0.3) is 0 Å². The first-order valence-corrected chi connectivity index (χ1v) is 6.11. The Morgan fingerprint density at radius 1 is 1.25 bits per heavy atom. The zero-order chi connectivity index (χ0) is 12.6. The summed E-state index contributed by atoms with van der Waals surface area (Å²) >= 11 is 0. The van der Waals surface area contributed by atoms with Gasteiger partial charge in [-0.15, -0.1) is 0 Å². The fourth-order valence-electron chi connectivity index (χ4n) is 1.45. The third-order valence-corrected chi connectivity index (χ3v) is 2.55. The fraction of sp³-hybridized carbons (Fsp3) is 0.917. The van der Waals surface area contributed by atoms with Crippen LogP contribution in [0.1, 0.15) is 40.5 Å². The molecule has 4 nitrogen and oxygen atoms in total. The van der Waals surface area contributed by atoms with Gasteiger partial charge in [-0.2, -0.15) is 0 Å². The maximum Gasteiger partial charge on any atom is 0.223 e. The van der Waals surface area contributed by atoms with Crippen molar-refractivity contribution >= 4 is 5.91 Å². The van der Waals surface area contributed by atoms with Gasteiger partial charge in [0.2, 0.25) is 5.91 Å². The zero-order valence-corrected chi connectivity index (χ0v) is 11.0. The van der Waals surface area contributed by atoms with Crippen LogP contribution >= 0.6 is 0 Å². The van der Waals surface area contributed by atoms with Gasteiger partial charge in [0.1, 0.15) is 0 Å². The van der Waals surface area contributed by atoms with Crippen molar-refractivity contribution in [2.75, 3.05) is 26.2 Å². The summed E-state index contributed by atoms with van der Waals surface area (Å²) in [5.41, 5.74) is -0.629. The van der Waals surface area contributed by atoms with Crippen LogP contribution in [0, 0.1) is 0 Å². The highest BCUT2D eigenvalue weighted by atomic mass is 16.3. The predicted molar refractivity (Wildman–Crippen MR) is 66.3 cm³/mol. The van der Waals surface area contributed by atoms with Gasteiger partial charge < -0.3 is 15.3 Å². The third kappa shape index (κ3) is 7.65. The highest BCUT2D eigenvalue weighted by molar-refractivity contribution is 5.76. The van der Waals surface area contributed by atoms with Gasteiger partial charge in [-0.25, -0.2) is 0 Å². The lowest BCUT2D eigenvalue weighted by Gasteiger charge is -2.19. The van der Waals surface area contributed by atoms with E-state index in [2.05, 4.69) is 5.32 Å². The molecule has 0 aromatic rings. The summed E-state index contributed by atoms with van der Waals surface area (Å²) < 4.78 is 0. The summed E-state index contributed by atoms with van der Waals surface area (Å²) in [4.78, 5) is 13.4. The molecule has 1 amide bonds. The first-order chi connectivity index (χ1) is 7.40. The fourth-order valence-corrected chi connectivity index (χ4v) is 1.45. The Hall–Kier alpha value is -0.610. The molecule has 0 heterocycles. The van der Waals surface area contributed by atoms with Crippen molar-refractivity contribution in [3.05, 3.63) is 0 Å². The molecule has 2 N–H and O–H groups in total. The molecule has 0 spiro atoms. The van der Waals surface area contributed by atoms with E-state index >= 15 is 0 Å². The predicted octanol–water partition coefficient (Wildman–Crippen LogP) is 0.995. The van der Waals surface area contributed by atoms with Gasteiger partial charge in [-0.1, -0.05) is 0 Å². The van der Waals surface area contributed by atoms with E-state index in [4.69, 9.17) is 0 Å². The average Bonchev–Trinajstić information content (AvgIpc) is 2.17. The molecule has 0 saturated heterocycles. The van der Waals surface area contributed by atoms with Crippen molar-refractivity contribution < 1.29 is 9.90 Å². The van der Waals surface area contributed by atoms with Crippen LogP contribution in [0.15, 0.2) is 0 Å². The zero-order valence-electron chi connectivity index (χ0n) is 11.0. The molecule has 0 aliphatic heterocycles. The molecule has 0 fully saturated rings. The van der Waals surface area contributed by atoms with Gasteiger partial charge in [-0.3, -0.25) is 4.79 Å². The Labute approximate surface area is 99.0 Å². The highest BCUT2D eigenvalue weighted by Crippen LogP contribution is 2.04. The number of carbonyl (C=O) groups excluding carboxylic acids is 1. The minimum Gasteiger partial charge on any atom is -0.390 e. The quantitative estimate of drug-likeness (QED) is 0.612. The minimum absolute atomic E-state index is 0.195. The van der Waals surface area contributed by atoms with Crippen LogP contribution in [-0.4, -0.2) is 47.7 Å². The molecule has 0 saturated carbocycles. The Kier molecular flexibility index (Phi) is 7.34. The Morgan fingerprint density at radius 2 is 1.81 bits per heavy atom. The maximum atomic E-state index is 11.6. The molecule has 0 aliphatic carbocycles. The molecule has 0 unspecified atom stereocenters. The molecule has 0 rings (SSSR count). The van der Waals surface area contributed by atoms with Crippen molar-refractivity contribution in [1.82, 2.24) is 10.2 Å². The molecule has 0 bridgehead atoms. The second-order valence-corrected chi connectivity index (χ2v) is 4.63.